The molecule has 23 heavy (non-hydrogen) atoms. The maximum Gasteiger partial charge on any atom is 0.163 e. The molecule has 1 aliphatic rings. The van der Waals surface area contributed by atoms with Crippen LogP contribution in [0.25, 0.3) is 0 Å². The van der Waals surface area contributed by atoms with Gasteiger partial charge < -0.3 is 28.7 Å². The second-order valence-electron chi connectivity index (χ2n) is 5.60. The van der Waals surface area contributed by atoms with Gasteiger partial charge in [-0.05, 0) is 19.2 Å². The van der Waals surface area contributed by atoms with Gasteiger partial charge in [-0.1, -0.05) is 0 Å². The van der Waals surface area contributed by atoms with Gasteiger partial charge >= 0.3 is 0 Å². The van der Waals surface area contributed by atoms with Gasteiger partial charge in [-0.2, -0.15) is 0 Å². The predicted molar refractivity (Wildman–Crippen MR) is 90.9 cm³/mol. The fourth-order valence-corrected chi connectivity index (χ4v) is 2.46. The Morgan fingerprint density at radius 3 is 2.04 bits per heavy atom. The number of methoxy groups -OCH3 is 2. The molecular weight excluding hydrogens is 296 g/mol. The average molecular weight is 324 g/mol. The summed E-state index contributed by atoms with van der Waals surface area (Å²) in [6.07, 6.45) is 0. The van der Waals surface area contributed by atoms with Crippen molar-refractivity contribution in [1.82, 2.24) is 4.90 Å². The second-order valence-corrected chi connectivity index (χ2v) is 5.60. The van der Waals surface area contributed by atoms with Gasteiger partial charge in [0.1, 0.15) is 13.2 Å². The van der Waals surface area contributed by atoms with Crippen molar-refractivity contribution >= 4 is 5.69 Å². The predicted octanol–water partition coefficient (Wildman–Crippen LogP) is 1.49. The Hall–Kier alpha value is -1.50. The first-order valence-corrected chi connectivity index (χ1v) is 8.05. The van der Waals surface area contributed by atoms with Crippen LogP contribution in [0.15, 0.2) is 18.2 Å². The minimum atomic E-state index is 0.503. The first-order valence-electron chi connectivity index (χ1n) is 8.05. The zero-order valence-corrected chi connectivity index (χ0v) is 14.4. The molecule has 0 aliphatic carbocycles. The molecule has 0 aromatic heterocycles. The molecule has 6 nitrogen and oxygen atoms in total. The molecular formula is C17H28N2O4. The molecule has 130 valence electrons. The van der Waals surface area contributed by atoms with Crippen molar-refractivity contribution in [3.05, 3.63) is 18.2 Å². The van der Waals surface area contributed by atoms with E-state index in [4.69, 9.17) is 18.9 Å². The molecule has 0 bridgehead atoms. The van der Waals surface area contributed by atoms with E-state index in [1.54, 1.807) is 14.2 Å². The van der Waals surface area contributed by atoms with Crippen LogP contribution >= 0.6 is 0 Å². The Bertz CT molecular complexity index is 462. The third kappa shape index (κ3) is 5.57. The summed E-state index contributed by atoms with van der Waals surface area (Å²) >= 11 is 0. The lowest BCUT2D eigenvalue weighted by atomic mass is 10.2. The zero-order chi connectivity index (χ0) is 16.5. The lowest BCUT2D eigenvalue weighted by Gasteiger charge is -2.34. The van der Waals surface area contributed by atoms with E-state index < -0.39 is 0 Å². The first-order chi connectivity index (χ1) is 11.2. The van der Waals surface area contributed by atoms with E-state index in [1.165, 1.54) is 5.69 Å². The molecule has 0 unspecified atom stereocenters. The summed E-state index contributed by atoms with van der Waals surface area (Å²) in [5.41, 5.74) is 1.17. The van der Waals surface area contributed by atoms with E-state index in [0.29, 0.717) is 26.4 Å². The highest BCUT2D eigenvalue weighted by Crippen LogP contribution is 2.32. The minimum Gasteiger partial charge on any atom is -0.487 e. The Morgan fingerprint density at radius 1 is 0.826 bits per heavy atom. The molecule has 0 atom stereocenters. The van der Waals surface area contributed by atoms with Crippen LogP contribution in [0.3, 0.4) is 0 Å². The zero-order valence-electron chi connectivity index (χ0n) is 14.4. The normalized spacial score (nSPS) is 15.7. The largest absolute Gasteiger partial charge is 0.487 e. The molecule has 0 saturated carbocycles. The molecule has 0 spiro atoms. The molecule has 1 aliphatic heterocycles. The average Bonchev–Trinajstić information content (AvgIpc) is 2.57. The van der Waals surface area contributed by atoms with Crippen molar-refractivity contribution in [1.29, 1.82) is 0 Å². The molecule has 2 rings (SSSR count). The van der Waals surface area contributed by atoms with E-state index >= 15 is 0 Å². The SMILES string of the molecule is COCCOc1ccc(N2CCN(C)CC2)cc1OCCOC. The summed E-state index contributed by atoms with van der Waals surface area (Å²) in [5, 5.41) is 0. The number of hydrogen-bond donors (Lipinski definition) is 0. The Kier molecular flexibility index (Phi) is 7.45. The van der Waals surface area contributed by atoms with Gasteiger partial charge in [-0.3, -0.25) is 0 Å². The molecule has 0 amide bonds. The lowest BCUT2D eigenvalue weighted by molar-refractivity contribution is 0.132. The third-order valence-electron chi connectivity index (χ3n) is 3.89. The highest BCUT2D eigenvalue weighted by atomic mass is 16.5. The van der Waals surface area contributed by atoms with Crippen molar-refractivity contribution in [2.75, 3.05) is 78.8 Å². The summed E-state index contributed by atoms with van der Waals surface area (Å²) in [7, 11) is 5.49. The Morgan fingerprint density at radius 2 is 1.43 bits per heavy atom. The van der Waals surface area contributed by atoms with Gasteiger partial charge in [-0.25, -0.2) is 0 Å². The molecule has 1 aromatic rings. The molecule has 0 radical (unpaired) electrons. The minimum absolute atomic E-state index is 0.503. The number of likely N-dealkylation sites (N-methyl/N-ethyl adjacent to an activating group) is 1. The Balaban J connectivity index is 2.06. The molecule has 1 saturated heterocycles. The molecule has 0 N–H and O–H groups in total. The summed E-state index contributed by atoms with van der Waals surface area (Å²) in [5.74, 6) is 1.51. The van der Waals surface area contributed by atoms with Gasteiger partial charge in [0.15, 0.2) is 11.5 Å². The van der Waals surface area contributed by atoms with Crippen molar-refractivity contribution in [3.63, 3.8) is 0 Å². The number of hydrogen-bond acceptors (Lipinski definition) is 6. The molecule has 1 aromatic carbocycles. The van der Waals surface area contributed by atoms with Crippen LogP contribution in [0.4, 0.5) is 5.69 Å². The fraction of sp³-hybridized carbons (Fsp3) is 0.647. The fourth-order valence-electron chi connectivity index (χ4n) is 2.46. The number of nitrogens with zero attached hydrogens (tertiary/aromatic N) is 2. The summed E-state index contributed by atoms with van der Waals surface area (Å²) in [4.78, 5) is 4.72. The van der Waals surface area contributed by atoms with Crippen molar-refractivity contribution in [2.45, 2.75) is 0 Å². The summed E-state index contributed by atoms with van der Waals surface area (Å²) < 4.78 is 21.7. The van der Waals surface area contributed by atoms with Gasteiger partial charge in [0.2, 0.25) is 0 Å². The maximum atomic E-state index is 5.83. The van der Waals surface area contributed by atoms with E-state index in [9.17, 15) is 0 Å². The number of ether oxygens (including phenoxy) is 4. The van der Waals surface area contributed by atoms with Crippen LogP contribution in [0.2, 0.25) is 0 Å². The standard InChI is InChI=1S/C17H28N2O4/c1-18-6-8-19(9-7-18)15-4-5-16(22-12-10-20-2)17(14-15)23-13-11-21-3/h4-5,14H,6-13H2,1-3H3. The van der Waals surface area contributed by atoms with Crippen LogP contribution in [0, 0.1) is 0 Å². The topological polar surface area (TPSA) is 43.4 Å². The first kappa shape index (κ1) is 17.8. The van der Waals surface area contributed by atoms with Crippen LogP contribution in [0.5, 0.6) is 11.5 Å². The molecule has 1 heterocycles. The lowest BCUT2D eigenvalue weighted by Crippen LogP contribution is -2.44. The van der Waals surface area contributed by atoms with Crippen molar-refractivity contribution in [2.24, 2.45) is 0 Å². The second kappa shape index (κ2) is 9.60. The highest BCUT2D eigenvalue weighted by Gasteiger charge is 2.16. The van der Waals surface area contributed by atoms with Crippen molar-refractivity contribution < 1.29 is 18.9 Å². The van der Waals surface area contributed by atoms with Crippen LogP contribution in [-0.4, -0.2) is 78.8 Å². The third-order valence-corrected chi connectivity index (χ3v) is 3.89. The molecule has 1 fully saturated rings. The summed E-state index contributed by atoms with van der Waals surface area (Å²) in [6, 6.07) is 6.13. The number of anilines is 1. The maximum absolute atomic E-state index is 5.83. The van der Waals surface area contributed by atoms with Gasteiger partial charge in [-0.15, -0.1) is 0 Å². The van der Waals surface area contributed by atoms with Crippen molar-refractivity contribution in [3.8, 4) is 11.5 Å². The van der Waals surface area contributed by atoms with E-state index in [1.807, 2.05) is 6.07 Å². The number of benzene rings is 1. The van der Waals surface area contributed by atoms with Crippen LogP contribution < -0.4 is 14.4 Å². The van der Waals surface area contributed by atoms with Gasteiger partial charge in [0.25, 0.3) is 0 Å². The van der Waals surface area contributed by atoms with Gasteiger partial charge in [0, 0.05) is 52.2 Å². The molecule has 6 heteroatoms. The van der Waals surface area contributed by atoms with Gasteiger partial charge in [0.05, 0.1) is 13.2 Å². The van der Waals surface area contributed by atoms with E-state index in [2.05, 4.69) is 29.0 Å². The summed E-state index contributed by atoms with van der Waals surface area (Å²) in [6.45, 7) is 6.32. The number of piperazine rings is 1. The smallest absolute Gasteiger partial charge is 0.163 e. The quantitative estimate of drug-likeness (QED) is 0.641. The van der Waals surface area contributed by atoms with E-state index in [0.717, 1.165) is 37.7 Å². The monoisotopic (exact) mass is 324 g/mol. The van der Waals surface area contributed by atoms with Crippen LogP contribution in [-0.2, 0) is 9.47 Å². The highest BCUT2D eigenvalue weighted by molar-refractivity contribution is 5.56. The van der Waals surface area contributed by atoms with Crippen LogP contribution in [0.1, 0.15) is 0 Å². The Labute approximate surface area is 138 Å². The number of rotatable bonds is 9. The van der Waals surface area contributed by atoms with E-state index in [-0.39, 0.29) is 0 Å².